The van der Waals surface area contributed by atoms with Gasteiger partial charge in [0, 0.05) is 24.2 Å². The number of nitrogens with zero attached hydrogens (tertiary/aromatic N) is 2. The van der Waals surface area contributed by atoms with Crippen LogP contribution in [0.5, 0.6) is 23.0 Å². The maximum absolute atomic E-state index is 13.8. The molecule has 2 N–H and O–H groups in total. The average molecular weight is 659 g/mol. The number of fused-ring (bicyclic) bond motifs is 2. The third kappa shape index (κ3) is 7.65. The molecule has 0 unspecified atom stereocenters. The number of rotatable bonds is 12. The molecular formula is C35H38N4O7S. The number of carbonyl (C=O) groups is 2. The normalized spacial score (nSPS) is 14.2. The third-order valence-electron chi connectivity index (χ3n) is 8.42. The van der Waals surface area contributed by atoms with Gasteiger partial charge in [-0.25, -0.2) is 4.98 Å². The molecule has 0 spiro atoms. The maximum atomic E-state index is 13.8. The molecule has 2 heterocycles. The molecule has 12 heteroatoms. The van der Waals surface area contributed by atoms with Gasteiger partial charge < -0.3 is 29.6 Å². The van der Waals surface area contributed by atoms with Crippen molar-refractivity contribution in [3.8, 4) is 23.0 Å². The first-order chi connectivity index (χ1) is 22.9. The Bertz CT molecular complexity index is 1820. The molecule has 1 aliphatic carbocycles. The van der Waals surface area contributed by atoms with Crippen molar-refractivity contribution in [1.29, 1.82) is 0 Å². The minimum absolute atomic E-state index is 0.0741. The van der Waals surface area contributed by atoms with Gasteiger partial charge in [0.05, 0.1) is 37.4 Å². The Morgan fingerprint density at radius 3 is 2.40 bits per heavy atom. The minimum atomic E-state index is -0.250. The van der Waals surface area contributed by atoms with E-state index in [1.165, 1.54) is 18.2 Å². The van der Waals surface area contributed by atoms with Gasteiger partial charge in [0.1, 0.15) is 0 Å². The van der Waals surface area contributed by atoms with E-state index >= 15 is 0 Å². The van der Waals surface area contributed by atoms with E-state index in [2.05, 4.69) is 10.6 Å². The van der Waals surface area contributed by atoms with Crippen LogP contribution < -0.4 is 35.1 Å². The molecule has 2 amide bonds. The molecular weight excluding hydrogens is 620 g/mol. The lowest BCUT2D eigenvalue weighted by molar-refractivity contribution is -0.119. The highest BCUT2D eigenvalue weighted by molar-refractivity contribution is 7.99. The molecule has 1 aliphatic heterocycles. The number of hydrogen-bond acceptors (Lipinski definition) is 9. The van der Waals surface area contributed by atoms with Crippen LogP contribution in [0.1, 0.15) is 53.6 Å². The number of carbonyl (C=O) groups excluding carboxylic acids is 2. The topological polar surface area (TPSA) is 130 Å². The second-order valence-electron chi connectivity index (χ2n) is 11.6. The summed E-state index contributed by atoms with van der Waals surface area (Å²) in [4.78, 5) is 44.3. The summed E-state index contributed by atoms with van der Waals surface area (Å²) in [6.07, 6.45) is 6.07. The van der Waals surface area contributed by atoms with Crippen molar-refractivity contribution in [3.05, 3.63) is 81.6 Å². The summed E-state index contributed by atoms with van der Waals surface area (Å²) in [7, 11) is 3.18. The molecule has 6 rings (SSSR count). The van der Waals surface area contributed by atoms with Gasteiger partial charge in [0.25, 0.3) is 11.5 Å². The van der Waals surface area contributed by atoms with Crippen LogP contribution in [0.4, 0.5) is 0 Å². The summed E-state index contributed by atoms with van der Waals surface area (Å²) < 4.78 is 23.2. The summed E-state index contributed by atoms with van der Waals surface area (Å²) in [5.74, 6) is 2.19. The summed E-state index contributed by atoms with van der Waals surface area (Å²) in [6, 6.07) is 16.4. The van der Waals surface area contributed by atoms with Crippen LogP contribution in [-0.4, -0.2) is 60.7 Å². The fraction of sp³-hybridized carbons (Fsp3) is 0.371. The van der Waals surface area contributed by atoms with Crippen molar-refractivity contribution >= 4 is 34.5 Å². The number of thioether (sulfide) groups is 1. The van der Waals surface area contributed by atoms with Crippen LogP contribution in [0.15, 0.2) is 64.5 Å². The molecule has 1 saturated carbocycles. The number of ether oxygens (including phenoxy) is 4. The Labute approximate surface area is 277 Å². The van der Waals surface area contributed by atoms with E-state index in [4.69, 9.17) is 23.9 Å². The zero-order valence-electron chi connectivity index (χ0n) is 26.5. The Morgan fingerprint density at radius 2 is 1.66 bits per heavy atom. The van der Waals surface area contributed by atoms with Crippen molar-refractivity contribution < 1.29 is 28.5 Å². The molecule has 1 aromatic heterocycles. The van der Waals surface area contributed by atoms with Crippen LogP contribution in [0.2, 0.25) is 0 Å². The standard InChI is InChI=1S/C35H38N4O7S/c1-43-28-13-10-22(16-29(28)44-2)14-15-36-33(41)24-11-8-23(9-12-24)19-39-34(42)26-17-30-31(46-21-45-30)18-27(26)38-35(39)47-20-32(40)37-25-6-4-3-5-7-25/h8-13,16-18,25H,3-7,14-15,19-21H2,1-2H3,(H,36,41)(H,37,40). The van der Waals surface area contributed by atoms with Crippen LogP contribution in [0, 0.1) is 0 Å². The smallest absolute Gasteiger partial charge is 0.262 e. The Kier molecular flexibility index (Phi) is 10.2. The highest BCUT2D eigenvalue weighted by Gasteiger charge is 2.21. The number of amides is 2. The molecule has 4 aromatic rings. The predicted octanol–water partition coefficient (Wildman–Crippen LogP) is 4.70. The lowest BCUT2D eigenvalue weighted by atomic mass is 9.95. The number of methoxy groups -OCH3 is 2. The lowest BCUT2D eigenvalue weighted by Gasteiger charge is -2.22. The second-order valence-corrected chi connectivity index (χ2v) is 12.5. The predicted molar refractivity (Wildman–Crippen MR) is 179 cm³/mol. The van der Waals surface area contributed by atoms with Crippen molar-refractivity contribution in [2.75, 3.05) is 33.3 Å². The zero-order valence-corrected chi connectivity index (χ0v) is 27.3. The molecule has 0 saturated heterocycles. The first-order valence-electron chi connectivity index (χ1n) is 15.8. The molecule has 0 atom stereocenters. The highest BCUT2D eigenvalue weighted by Crippen LogP contribution is 2.35. The van der Waals surface area contributed by atoms with Crippen LogP contribution >= 0.6 is 11.8 Å². The SMILES string of the molecule is COc1ccc(CCNC(=O)c2ccc(Cn3c(SCC(=O)NC4CCCCC4)nc4cc5c(cc4c3=O)OCO5)cc2)cc1OC. The van der Waals surface area contributed by atoms with E-state index < -0.39 is 0 Å². The quantitative estimate of drug-likeness (QED) is 0.164. The van der Waals surface area contributed by atoms with E-state index in [0.29, 0.717) is 57.6 Å². The maximum Gasteiger partial charge on any atom is 0.262 e. The number of hydrogen-bond donors (Lipinski definition) is 2. The molecule has 2 aliphatic rings. The molecule has 0 bridgehead atoms. The van der Waals surface area contributed by atoms with E-state index in [-0.39, 0.29) is 42.5 Å². The highest BCUT2D eigenvalue weighted by atomic mass is 32.2. The minimum Gasteiger partial charge on any atom is -0.493 e. The Morgan fingerprint density at radius 1 is 0.936 bits per heavy atom. The molecule has 11 nitrogen and oxygen atoms in total. The summed E-state index contributed by atoms with van der Waals surface area (Å²) in [6.45, 7) is 0.741. The lowest BCUT2D eigenvalue weighted by Crippen LogP contribution is -2.37. The largest absolute Gasteiger partial charge is 0.493 e. The van der Waals surface area contributed by atoms with Crippen molar-refractivity contribution in [3.63, 3.8) is 0 Å². The summed E-state index contributed by atoms with van der Waals surface area (Å²) >= 11 is 1.23. The van der Waals surface area contributed by atoms with E-state index in [9.17, 15) is 14.4 Å². The van der Waals surface area contributed by atoms with Gasteiger partial charge in [0.15, 0.2) is 28.2 Å². The first-order valence-corrected chi connectivity index (χ1v) is 16.7. The molecule has 1 fully saturated rings. The van der Waals surface area contributed by atoms with Crippen LogP contribution in [0.3, 0.4) is 0 Å². The first kappa shape index (κ1) is 32.2. The third-order valence-corrected chi connectivity index (χ3v) is 9.40. The Hall–Kier alpha value is -4.71. The molecule has 246 valence electrons. The van der Waals surface area contributed by atoms with Gasteiger partial charge in [-0.3, -0.25) is 19.0 Å². The molecule has 3 aromatic carbocycles. The van der Waals surface area contributed by atoms with Gasteiger partial charge >= 0.3 is 0 Å². The van der Waals surface area contributed by atoms with Gasteiger partial charge in [0.2, 0.25) is 12.7 Å². The molecule has 0 radical (unpaired) electrons. The van der Waals surface area contributed by atoms with Gasteiger partial charge in [-0.2, -0.15) is 0 Å². The Balaban J connectivity index is 1.15. The average Bonchev–Trinajstić information content (AvgIpc) is 3.56. The monoisotopic (exact) mass is 658 g/mol. The van der Waals surface area contributed by atoms with Gasteiger partial charge in [-0.05, 0) is 60.7 Å². The fourth-order valence-electron chi connectivity index (χ4n) is 5.89. The summed E-state index contributed by atoms with van der Waals surface area (Å²) in [5, 5.41) is 6.92. The number of aromatic nitrogens is 2. The van der Waals surface area contributed by atoms with Crippen molar-refractivity contribution in [1.82, 2.24) is 20.2 Å². The number of benzene rings is 3. The fourth-order valence-corrected chi connectivity index (χ4v) is 6.70. The van der Waals surface area contributed by atoms with Crippen molar-refractivity contribution in [2.45, 2.75) is 56.3 Å². The zero-order chi connectivity index (χ0) is 32.8. The van der Waals surface area contributed by atoms with Crippen LogP contribution in [-0.2, 0) is 17.8 Å². The second kappa shape index (κ2) is 14.8. The van der Waals surface area contributed by atoms with Crippen molar-refractivity contribution in [2.24, 2.45) is 0 Å². The summed E-state index contributed by atoms with van der Waals surface area (Å²) in [5.41, 5.74) is 2.55. The number of nitrogens with one attached hydrogen (secondary N) is 2. The van der Waals surface area contributed by atoms with E-state index in [1.807, 2.05) is 30.3 Å². The van der Waals surface area contributed by atoms with E-state index in [1.54, 1.807) is 43.1 Å². The van der Waals surface area contributed by atoms with E-state index in [0.717, 1.165) is 36.8 Å². The van der Waals surface area contributed by atoms with Crippen LogP contribution in [0.25, 0.3) is 10.9 Å². The van der Waals surface area contributed by atoms with Gasteiger partial charge in [-0.15, -0.1) is 0 Å². The molecule has 47 heavy (non-hydrogen) atoms. The van der Waals surface area contributed by atoms with Gasteiger partial charge in [-0.1, -0.05) is 49.2 Å².